The van der Waals surface area contributed by atoms with Crippen molar-refractivity contribution in [2.45, 2.75) is 20.5 Å². The van der Waals surface area contributed by atoms with Crippen LogP contribution in [0.15, 0.2) is 30.3 Å². The topological polar surface area (TPSA) is 71.9 Å². The lowest BCUT2D eigenvalue weighted by atomic mass is 10.1. The van der Waals surface area contributed by atoms with Crippen molar-refractivity contribution in [3.63, 3.8) is 0 Å². The monoisotopic (exact) mass is 253 g/mol. The van der Waals surface area contributed by atoms with Gasteiger partial charge in [0, 0.05) is 5.69 Å². The maximum absolute atomic E-state index is 8.82. The van der Waals surface area contributed by atoms with Crippen molar-refractivity contribution in [3.05, 3.63) is 52.7 Å². The van der Waals surface area contributed by atoms with Crippen molar-refractivity contribution < 1.29 is 4.74 Å². The summed E-state index contributed by atoms with van der Waals surface area (Å²) in [5.41, 5.74) is 9.35. The molecule has 4 nitrogen and oxygen atoms in total. The summed E-state index contributed by atoms with van der Waals surface area (Å²) in [6.07, 6.45) is 0. The van der Waals surface area contributed by atoms with Crippen LogP contribution in [0.2, 0.25) is 0 Å². The molecule has 0 aliphatic rings. The van der Waals surface area contributed by atoms with Crippen LogP contribution in [0.5, 0.6) is 5.75 Å². The fourth-order valence-corrected chi connectivity index (χ4v) is 1.77. The molecule has 4 heteroatoms. The van der Waals surface area contributed by atoms with Crippen LogP contribution in [0.3, 0.4) is 0 Å². The number of pyridine rings is 1. The smallest absolute Gasteiger partial charge is 0.166 e. The Morgan fingerprint density at radius 3 is 2.68 bits per heavy atom. The summed E-state index contributed by atoms with van der Waals surface area (Å²) in [5.74, 6) is 0.973. The molecule has 0 saturated carbocycles. The maximum atomic E-state index is 8.82. The number of hydrogen-bond acceptors (Lipinski definition) is 4. The van der Waals surface area contributed by atoms with E-state index in [1.807, 2.05) is 38.1 Å². The highest BCUT2D eigenvalue weighted by Gasteiger charge is 2.05. The van der Waals surface area contributed by atoms with Crippen LogP contribution in [-0.4, -0.2) is 4.98 Å². The predicted octanol–water partition coefficient (Wildman–Crippen LogP) is 2.73. The Morgan fingerprint density at radius 1 is 1.26 bits per heavy atom. The summed E-state index contributed by atoms with van der Waals surface area (Å²) in [7, 11) is 0. The molecule has 0 spiro atoms. The first-order chi connectivity index (χ1) is 9.10. The molecule has 0 aliphatic heterocycles. The number of aromatic nitrogens is 1. The standard InChI is InChI=1S/C15H15N3O/c1-10-7-12(8-16)4-5-13(10)9-19-14-6-3-11(2)18-15(14)17/h3-7H,9H2,1-2H3,(H2,17,18). The molecule has 0 fully saturated rings. The van der Waals surface area contributed by atoms with Crippen LogP contribution >= 0.6 is 0 Å². The highest BCUT2D eigenvalue weighted by Crippen LogP contribution is 2.21. The molecule has 1 aromatic carbocycles. The van der Waals surface area contributed by atoms with Gasteiger partial charge in [0.05, 0.1) is 11.6 Å². The zero-order chi connectivity index (χ0) is 13.8. The quantitative estimate of drug-likeness (QED) is 0.912. The predicted molar refractivity (Wildman–Crippen MR) is 73.6 cm³/mol. The van der Waals surface area contributed by atoms with E-state index in [1.54, 1.807) is 6.07 Å². The molecule has 0 aliphatic carbocycles. The molecule has 2 N–H and O–H groups in total. The highest BCUT2D eigenvalue weighted by atomic mass is 16.5. The minimum Gasteiger partial charge on any atom is -0.485 e. The molecule has 1 aromatic heterocycles. The van der Waals surface area contributed by atoms with Crippen molar-refractivity contribution in [1.82, 2.24) is 4.98 Å². The van der Waals surface area contributed by atoms with E-state index >= 15 is 0 Å². The van der Waals surface area contributed by atoms with Gasteiger partial charge in [0.15, 0.2) is 11.6 Å². The average Bonchev–Trinajstić information content (AvgIpc) is 2.39. The van der Waals surface area contributed by atoms with Gasteiger partial charge in [-0.25, -0.2) is 4.98 Å². The lowest BCUT2D eigenvalue weighted by Crippen LogP contribution is -2.02. The Hall–Kier alpha value is -2.54. The number of hydrogen-bond donors (Lipinski definition) is 1. The van der Waals surface area contributed by atoms with Crippen molar-refractivity contribution >= 4 is 5.82 Å². The van der Waals surface area contributed by atoms with Gasteiger partial charge in [-0.15, -0.1) is 0 Å². The maximum Gasteiger partial charge on any atom is 0.166 e. The Bertz CT molecular complexity index is 644. The molecular weight excluding hydrogens is 238 g/mol. The fraction of sp³-hybridized carbons (Fsp3) is 0.200. The SMILES string of the molecule is Cc1ccc(OCc2ccc(C#N)cc2C)c(N)n1. The zero-order valence-electron chi connectivity index (χ0n) is 11.0. The second-order valence-corrected chi connectivity index (χ2v) is 4.38. The van der Waals surface area contributed by atoms with Gasteiger partial charge in [-0.2, -0.15) is 5.26 Å². The number of ether oxygens (including phenoxy) is 1. The minimum atomic E-state index is 0.395. The lowest BCUT2D eigenvalue weighted by Gasteiger charge is -2.10. The van der Waals surface area contributed by atoms with E-state index < -0.39 is 0 Å². The number of anilines is 1. The third-order valence-corrected chi connectivity index (χ3v) is 2.88. The number of nitrogens with zero attached hydrogens (tertiary/aromatic N) is 2. The third-order valence-electron chi connectivity index (χ3n) is 2.88. The molecule has 0 radical (unpaired) electrons. The largest absolute Gasteiger partial charge is 0.485 e. The van der Waals surface area contributed by atoms with Gasteiger partial charge in [0.2, 0.25) is 0 Å². The molecule has 0 unspecified atom stereocenters. The van der Waals surface area contributed by atoms with E-state index in [-0.39, 0.29) is 0 Å². The van der Waals surface area contributed by atoms with E-state index in [4.69, 9.17) is 15.7 Å². The summed E-state index contributed by atoms with van der Waals surface area (Å²) in [6, 6.07) is 11.3. The third kappa shape index (κ3) is 3.02. The molecule has 2 aromatic rings. The number of rotatable bonds is 3. The van der Waals surface area contributed by atoms with Crippen molar-refractivity contribution in [1.29, 1.82) is 5.26 Å². The fourth-order valence-electron chi connectivity index (χ4n) is 1.77. The van der Waals surface area contributed by atoms with Gasteiger partial charge in [-0.1, -0.05) is 6.07 Å². The van der Waals surface area contributed by atoms with Crippen molar-refractivity contribution in [2.75, 3.05) is 5.73 Å². The van der Waals surface area contributed by atoms with Crippen LogP contribution in [0.25, 0.3) is 0 Å². The van der Waals surface area contributed by atoms with E-state index in [0.29, 0.717) is 23.7 Å². The second kappa shape index (κ2) is 5.40. The molecular formula is C15H15N3O. The molecule has 0 atom stereocenters. The van der Waals surface area contributed by atoms with Crippen molar-refractivity contribution in [2.24, 2.45) is 0 Å². The minimum absolute atomic E-state index is 0.395. The number of nitriles is 1. The molecule has 0 saturated heterocycles. The first kappa shape index (κ1) is 12.9. The van der Waals surface area contributed by atoms with Crippen LogP contribution in [0, 0.1) is 25.2 Å². The van der Waals surface area contributed by atoms with Gasteiger partial charge in [0.1, 0.15) is 6.61 Å². The number of nitrogen functional groups attached to an aromatic ring is 1. The van der Waals surface area contributed by atoms with E-state index in [9.17, 15) is 0 Å². The summed E-state index contributed by atoms with van der Waals surface area (Å²) < 4.78 is 5.66. The van der Waals surface area contributed by atoms with E-state index in [0.717, 1.165) is 16.8 Å². The van der Waals surface area contributed by atoms with E-state index in [2.05, 4.69) is 11.1 Å². The van der Waals surface area contributed by atoms with Crippen LogP contribution in [-0.2, 0) is 6.61 Å². The highest BCUT2D eigenvalue weighted by molar-refractivity contribution is 5.46. The Morgan fingerprint density at radius 2 is 2.05 bits per heavy atom. The van der Waals surface area contributed by atoms with Gasteiger partial charge >= 0.3 is 0 Å². The first-order valence-corrected chi connectivity index (χ1v) is 5.95. The molecule has 19 heavy (non-hydrogen) atoms. The molecule has 2 rings (SSSR count). The number of nitrogens with two attached hydrogens (primary N) is 1. The Balaban J connectivity index is 2.13. The van der Waals surface area contributed by atoms with Crippen LogP contribution in [0.4, 0.5) is 5.82 Å². The Labute approximate surface area is 112 Å². The number of benzene rings is 1. The van der Waals surface area contributed by atoms with Crippen LogP contribution < -0.4 is 10.5 Å². The Kier molecular flexibility index (Phi) is 3.67. The second-order valence-electron chi connectivity index (χ2n) is 4.38. The molecule has 0 amide bonds. The summed E-state index contributed by atoms with van der Waals surface area (Å²) in [5, 5.41) is 8.82. The average molecular weight is 253 g/mol. The summed E-state index contributed by atoms with van der Waals surface area (Å²) in [4.78, 5) is 4.15. The molecule has 1 heterocycles. The first-order valence-electron chi connectivity index (χ1n) is 5.95. The van der Waals surface area contributed by atoms with E-state index in [1.165, 1.54) is 0 Å². The molecule has 0 bridgehead atoms. The normalized spacial score (nSPS) is 9.95. The zero-order valence-corrected chi connectivity index (χ0v) is 11.0. The van der Waals surface area contributed by atoms with Crippen molar-refractivity contribution in [3.8, 4) is 11.8 Å². The van der Waals surface area contributed by atoms with Gasteiger partial charge in [0.25, 0.3) is 0 Å². The van der Waals surface area contributed by atoms with Crippen LogP contribution in [0.1, 0.15) is 22.4 Å². The van der Waals surface area contributed by atoms with Gasteiger partial charge in [-0.3, -0.25) is 0 Å². The molecule has 96 valence electrons. The summed E-state index contributed by atoms with van der Waals surface area (Å²) >= 11 is 0. The lowest BCUT2D eigenvalue weighted by molar-refractivity contribution is 0.306. The van der Waals surface area contributed by atoms with Gasteiger partial charge in [-0.05, 0) is 49.2 Å². The van der Waals surface area contributed by atoms with Gasteiger partial charge < -0.3 is 10.5 Å². The summed E-state index contributed by atoms with van der Waals surface area (Å²) in [6.45, 7) is 4.24. The number of aryl methyl sites for hydroxylation is 2.